The van der Waals surface area contributed by atoms with Gasteiger partial charge in [-0.3, -0.25) is 24.0 Å². The number of carbonyl (C=O) groups excluding carboxylic acids is 5. The molecule has 1 aliphatic rings. The fourth-order valence-corrected chi connectivity index (χ4v) is 2.90. The lowest BCUT2D eigenvalue weighted by Crippen LogP contribution is -2.65. The third-order valence-corrected chi connectivity index (χ3v) is 3.80. The molecule has 30 heavy (non-hydrogen) atoms. The van der Waals surface area contributed by atoms with E-state index in [9.17, 15) is 24.0 Å². The molecule has 12 nitrogen and oxygen atoms in total. The summed E-state index contributed by atoms with van der Waals surface area (Å²) in [6, 6.07) is 0. The lowest BCUT2D eigenvalue weighted by molar-refractivity contribution is -0.312. The average molecular weight is 434 g/mol. The van der Waals surface area contributed by atoms with Crippen molar-refractivity contribution in [2.75, 3.05) is 13.7 Å². The number of rotatable bonds is 8. The Morgan fingerprint density at radius 1 is 0.733 bits per heavy atom. The van der Waals surface area contributed by atoms with Crippen molar-refractivity contribution in [1.29, 1.82) is 0 Å². The van der Waals surface area contributed by atoms with Crippen LogP contribution in [-0.4, -0.2) is 80.4 Å². The van der Waals surface area contributed by atoms with Gasteiger partial charge in [-0.05, 0) is 0 Å². The molecule has 1 aliphatic heterocycles. The van der Waals surface area contributed by atoms with E-state index in [0.717, 1.165) is 34.6 Å². The zero-order valence-electron chi connectivity index (χ0n) is 17.6. The second-order valence-corrected chi connectivity index (χ2v) is 6.38. The number of hydrogen-bond donors (Lipinski definition) is 0. The summed E-state index contributed by atoms with van der Waals surface area (Å²) in [7, 11) is 1.24. The Hall–Kier alpha value is -2.73. The molecule has 0 aromatic rings. The Bertz CT molecular complexity index is 660. The van der Waals surface area contributed by atoms with Gasteiger partial charge in [-0.1, -0.05) is 0 Å². The van der Waals surface area contributed by atoms with Crippen molar-refractivity contribution in [2.24, 2.45) is 0 Å². The van der Waals surface area contributed by atoms with E-state index in [0.29, 0.717) is 0 Å². The smallest absolute Gasteiger partial charge is 0.303 e. The lowest BCUT2D eigenvalue weighted by atomic mass is 9.94. The van der Waals surface area contributed by atoms with Crippen molar-refractivity contribution < 1.29 is 57.1 Å². The first kappa shape index (κ1) is 25.3. The molecule has 0 aliphatic carbocycles. The largest absolute Gasteiger partial charge is 0.462 e. The minimum Gasteiger partial charge on any atom is -0.462 e. The molecule has 0 radical (unpaired) electrons. The third-order valence-electron chi connectivity index (χ3n) is 3.80. The quantitative estimate of drug-likeness (QED) is 0.363. The fraction of sp³-hybridized carbons (Fsp3) is 0.722. The molecule has 1 heterocycles. The first-order chi connectivity index (χ1) is 14.0. The second kappa shape index (κ2) is 11.5. The third kappa shape index (κ3) is 7.59. The zero-order valence-corrected chi connectivity index (χ0v) is 17.6. The Morgan fingerprint density at radius 3 is 1.67 bits per heavy atom. The van der Waals surface area contributed by atoms with Gasteiger partial charge in [0.2, 0.25) is 0 Å². The summed E-state index contributed by atoms with van der Waals surface area (Å²) in [5.41, 5.74) is 0. The van der Waals surface area contributed by atoms with Crippen LogP contribution in [0, 0.1) is 0 Å². The van der Waals surface area contributed by atoms with E-state index in [2.05, 4.69) is 0 Å². The van der Waals surface area contributed by atoms with Gasteiger partial charge in [0.05, 0.1) is 0 Å². The maximum Gasteiger partial charge on any atom is 0.303 e. The maximum atomic E-state index is 11.7. The number of hydrogen-bond acceptors (Lipinski definition) is 12. The van der Waals surface area contributed by atoms with Crippen molar-refractivity contribution in [3.63, 3.8) is 0 Å². The average Bonchev–Trinajstić information content (AvgIpc) is 2.60. The Balaban J connectivity index is 3.41. The van der Waals surface area contributed by atoms with Crippen molar-refractivity contribution in [3.8, 4) is 0 Å². The first-order valence-electron chi connectivity index (χ1n) is 8.96. The van der Waals surface area contributed by atoms with Crippen LogP contribution in [0.25, 0.3) is 0 Å². The Morgan fingerprint density at radius 2 is 1.23 bits per heavy atom. The summed E-state index contributed by atoms with van der Waals surface area (Å²) in [5, 5.41) is 0. The van der Waals surface area contributed by atoms with Crippen LogP contribution < -0.4 is 0 Å². The molecular weight excluding hydrogens is 408 g/mol. The standard InChI is InChI=1S/C18H26O12/c1-8(19)25-7-13(26-9(2)20)14-15(27-10(3)21)16(28-11(4)22)17(29-12(5)23)18(24-6)30-14/h13-18H,7H2,1-6H3/t13-,14+,15-,16-,17-,18+/m0/s1. The maximum absolute atomic E-state index is 11.7. The highest BCUT2D eigenvalue weighted by atomic mass is 16.7. The molecule has 0 aromatic heterocycles. The van der Waals surface area contributed by atoms with E-state index < -0.39 is 73.3 Å². The molecule has 0 unspecified atom stereocenters. The van der Waals surface area contributed by atoms with Crippen LogP contribution in [0.4, 0.5) is 0 Å². The van der Waals surface area contributed by atoms with Crippen molar-refractivity contribution in [3.05, 3.63) is 0 Å². The summed E-state index contributed by atoms with van der Waals surface area (Å²) < 4.78 is 36.7. The number of ether oxygens (including phenoxy) is 7. The topological polar surface area (TPSA) is 150 Å². The highest BCUT2D eigenvalue weighted by molar-refractivity contribution is 5.69. The number of esters is 5. The molecule has 1 rings (SSSR count). The summed E-state index contributed by atoms with van der Waals surface area (Å²) >= 11 is 0. The van der Waals surface area contributed by atoms with Gasteiger partial charge in [-0.2, -0.15) is 0 Å². The molecule has 0 aromatic carbocycles. The predicted octanol–water partition coefficient (Wildman–Crippen LogP) is -0.352. The summed E-state index contributed by atoms with van der Waals surface area (Å²) in [5.74, 6) is -3.69. The number of carbonyl (C=O) groups is 5. The molecule has 0 bridgehead atoms. The predicted molar refractivity (Wildman–Crippen MR) is 94.5 cm³/mol. The van der Waals surface area contributed by atoms with Crippen LogP contribution in [0.2, 0.25) is 0 Å². The highest BCUT2D eigenvalue weighted by Gasteiger charge is 2.55. The Labute approximate surface area is 173 Å². The van der Waals surface area contributed by atoms with E-state index >= 15 is 0 Å². The van der Waals surface area contributed by atoms with Crippen LogP contribution in [0.3, 0.4) is 0 Å². The van der Waals surface area contributed by atoms with Gasteiger partial charge in [0.15, 0.2) is 30.7 Å². The monoisotopic (exact) mass is 434 g/mol. The van der Waals surface area contributed by atoms with Crippen LogP contribution in [0.15, 0.2) is 0 Å². The molecule has 0 amide bonds. The minimum atomic E-state index is -1.39. The van der Waals surface area contributed by atoms with E-state index in [1.807, 2.05) is 0 Å². The minimum absolute atomic E-state index is 0.446. The molecule has 1 saturated heterocycles. The second-order valence-electron chi connectivity index (χ2n) is 6.38. The molecule has 6 atom stereocenters. The summed E-state index contributed by atoms with van der Waals surface area (Å²) in [4.78, 5) is 57.8. The first-order valence-corrected chi connectivity index (χ1v) is 8.96. The van der Waals surface area contributed by atoms with Gasteiger partial charge in [0, 0.05) is 41.7 Å². The van der Waals surface area contributed by atoms with Crippen LogP contribution in [0.5, 0.6) is 0 Å². The van der Waals surface area contributed by atoms with E-state index in [-0.39, 0.29) is 0 Å². The molecule has 12 heteroatoms. The van der Waals surface area contributed by atoms with Gasteiger partial charge in [0.25, 0.3) is 0 Å². The highest BCUT2D eigenvalue weighted by Crippen LogP contribution is 2.31. The van der Waals surface area contributed by atoms with E-state index in [1.54, 1.807) is 0 Å². The zero-order chi connectivity index (χ0) is 23.0. The molecule has 0 spiro atoms. The van der Waals surface area contributed by atoms with Gasteiger partial charge in [-0.15, -0.1) is 0 Å². The van der Waals surface area contributed by atoms with Crippen molar-refractivity contribution in [1.82, 2.24) is 0 Å². The molecule has 0 N–H and O–H groups in total. The SMILES string of the molecule is CO[C@@H]1O[C@H]([C@H](COC(C)=O)OC(C)=O)[C@H](OC(C)=O)[C@H](OC(C)=O)[C@@H]1OC(C)=O. The molecule has 170 valence electrons. The normalized spacial score (nSPS) is 26.7. The summed E-state index contributed by atoms with van der Waals surface area (Å²) in [6.45, 7) is 5.13. The van der Waals surface area contributed by atoms with E-state index in [4.69, 9.17) is 33.2 Å². The number of methoxy groups -OCH3 is 1. The van der Waals surface area contributed by atoms with Crippen LogP contribution in [-0.2, 0) is 57.1 Å². The van der Waals surface area contributed by atoms with Crippen molar-refractivity contribution >= 4 is 29.8 Å². The van der Waals surface area contributed by atoms with Gasteiger partial charge in [-0.25, -0.2) is 0 Å². The molecule has 0 saturated carbocycles. The lowest BCUT2D eigenvalue weighted by Gasteiger charge is -2.45. The Kier molecular flexibility index (Phi) is 9.66. The molecule has 1 fully saturated rings. The van der Waals surface area contributed by atoms with Crippen LogP contribution in [0.1, 0.15) is 34.6 Å². The fourth-order valence-electron chi connectivity index (χ4n) is 2.90. The van der Waals surface area contributed by atoms with Gasteiger partial charge >= 0.3 is 29.8 Å². The van der Waals surface area contributed by atoms with Gasteiger partial charge < -0.3 is 33.2 Å². The van der Waals surface area contributed by atoms with Crippen LogP contribution >= 0.6 is 0 Å². The van der Waals surface area contributed by atoms with Gasteiger partial charge in [0.1, 0.15) is 12.7 Å². The van der Waals surface area contributed by atoms with Crippen molar-refractivity contribution in [2.45, 2.75) is 71.4 Å². The summed E-state index contributed by atoms with van der Waals surface area (Å²) in [6.07, 6.45) is -7.89. The van der Waals surface area contributed by atoms with E-state index in [1.165, 1.54) is 7.11 Å². The molecular formula is C18H26O12.